The molecular weight excluding hydrogens is 388 g/mol. The number of alkyl halides is 1. The summed E-state index contributed by atoms with van der Waals surface area (Å²) in [5.74, 6) is -0.305. The zero-order chi connectivity index (χ0) is 18.8. The minimum atomic E-state index is -1.19. The zero-order valence-electron chi connectivity index (χ0n) is 15.4. The first-order chi connectivity index (χ1) is 12.6. The second-order valence-corrected chi connectivity index (χ2v) is 8.06. The van der Waals surface area contributed by atoms with E-state index >= 15 is 0 Å². The van der Waals surface area contributed by atoms with E-state index in [2.05, 4.69) is 22.9 Å². The van der Waals surface area contributed by atoms with Gasteiger partial charge >= 0.3 is 0 Å². The Morgan fingerprint density at radius 1 is 0.731 bits per heavy atom. The summed E-state index contributed by atoms with van der Waals surface area (Å²) in [7, 11) is 0. The van der Waals surface area contributed by atoms with Gasteiger partial charge in [0.2, 0.25) is 0 Å². The molecule has 2 nitrogen and oxygen atoms in total. The Morgan fingerprint density at radius 3 is 1.62 bits per heavy atom. The molecule has 0 spiro atoms. The normalized spacial score (nSPS) is 11.3. The first kappa shape index (κ1) is 20.6. The van der Waals surface area contributed by atoms with Crippen LogP contribution in [-0.4, -0.2) is 15.9 Å². The third-order valence-corrected chi connectivity index (χ3v) is 5.78. The minimum Gasteiger partial charge on any atom is -0.292 e. The number of hydrogen-bond acceptors (Lipinski definition) is 2. The van der Waals surface area contributed by atoms with Crippen molar-refractivity contribution in [2.24, 2.45) is 0 Å². The third kappa shape index (κ3) is 5.38. The summed E-state index contributed by atoms with van der Waals surface area (Å²) in [5, 5.41) is 0. The highest BCUT2D eigenvalue weighted by Gasteiger charge is 2.43. The van der Waals surface area contributed by atoms with Crippen molar-refractivity contribution in [3.63, 3.8) is 0 Å². The molecule has 0 aliphatic rings. The Bertz CT molecular complexity index is 643. The van der Waals surface area contributed by atoms with E-state index in [0.29, 0.717) is 17.5 Å². The van der Waals surface area contributed by atoms with Crippen LogP contribution in [0.2, 0.25) is 0 Å². The first-order valence-corrected chi connectivity index (χ1v) is 10.3. The van der Waals surface area contributed by atoms with E-state index in [1.165, 1.54) is 19.3 Å². The topological polar surface area (TPSA) is 34.1 Å². The van der Waals surface area contributed by atoms with Gasteiger partial charge in [0.25, 0.3) is 0 Å². The number of Topliss-reactive ketones (excluding diaryl/α,β-unsaturated/α-hetero) is 2. The average molecular weight is 415 g/mol. The highest BCUT2D eigenvalue weighted by molar-refractivity contribution is 9.10. The number of unbranched alkanes of at least 4 members (excludes halogenated alkanes) is 5. The molecule has 0 aliphatic heterocycles. The van der Waals surface area contributed by atoms with Gasteiger partial charge in [0.05, 0.1) is 0 Å². The fourth-order valence-corrected chi connectivity index (χ4v) is 3.85. The Balaban J connectivity index is 2.17. The molecule has 0 amide bonds. The van der Waals surface area contributed by atoms with Crippen molar-refractivity contribution in [2.75, 3.05) is 0 Å². The van der Waals surface area contributed by atoms with E-state index < -0.39 is 4.32 Å². The van der Waals surface area contributed by atoms with Crippen molar-refractivity contribution in [1.29, 1.82) is 0 Å². The van der Waals surface area contributed by atoms with E-state index in [0.717, 1.165) is 19.3 Å². The molecule has 3 heteroatoms. The molecule has 138 valence electrons. The number of benzene rings is 2. The molecule has 0 saturated carbocycles. The molecule has 2 aromatic carbocycles. The monoisotopic (exact) mass is 414 g/mol. The molecule has 0 bridgehead atoms. The Morgan fingerprint density at radius 2 is 1.15 bits per heavy atom. The van der Waals surface area contributed by atoms with Crippen LogP contribution in [0, 0.1) is 0 Å². The molecular formula is C23H27BrO2. The molecule has 0 unspecified atom stereocenters. The van der Waals surface area contributed by atoms with Crippen LogP contribution in [-0.2, 0) is 0 Å². The lowest BCUT2D eigenvalue weighted by Crippen LogP contribution is -2.41. The van der Waals surface area contributed by atoms with E-state index in [1.54, 1.807) is 24.3 Å². The van der Waals surface area contributed by atoms with Crippen LogP contribution in [0.5, 0.6) is 0 Å². The van der Waals surface area contributed by atoms with Gasteiger partial charge in [0.1, 0.15) is 0 Å². The predicted octanol–water partition coefficient (Wildman–Crippen LogP) is 6.64. The second-order valence-electron chi connectivity index (χ2n) is 6.71. The van der Waals surface area contributed by atoms with Gasteiger partial charge in [0, 0.05) is 11.1 Å². The third-order valence-electron chi connectivity index (χ3n) is 4.67. The summed E-state index contributed by atoms with van der Waals surface area (Å²) in [6.07, 6.45) is 7.22. The van der Waals surface area contributed by atoms with E-state index in [-0.39, 0.29) is 11.6 Å². The summed E-state index contributed by atoms with van der Waals surface area (Å²) >= 11 is 3.57. The summed E-state index contributed by atoms with van der Waals surface area (Å²) in [6.45, 7) is 2.20. The Hall–Kier alpha value is -1.74. The predicted molar refractivity (Wildman–Crippen MR) is 111 cm³/mol. The van der Waals surface area contributed by atoms with Crippen LogP contribution in [0.15, 0.2) is 60.7 Å². The lowest BCUT2D eigenvalue weighted by Gasteiger charge is -2.25. The number of carbonyl (C=O) groups is 2. The molecule has 0 fully saturated rings. The van der Waals surface area contributed by atoms with Crippen molar-refractivity contribution >= 4 is 27.5 Å². The van der Waals surface area contributed by atoms with Gasteiger partial charge in [-0.15, -0.1) is 0 Å². The fourth-order valence-electron chi connectivity index (χ4n) is 3.12. The van der Waals surface area contributed by atoms with Crippen LogP contribution in [0.4, 0.5) is 0 Å². The van der Waals surface area contributed by atoms with E-state index in [4.69, 9.17) is 0 Å². The molecule has 0 radical (unpaired) electrons. The van der Waals surface area contributed by atoms with E-state index in [9.17, 15) is 9.59 Å². The van der Waals surface area contributed by atoms with Gasteiger partial charge in [-0.1, -0.05) is 122 Å². The quantitative estimate of drug-likeness (QED) is 0.179. The van der Waals surface area contributed by atoms with Crippen molar-refractivity contribution in [3.8, 4) is 0 Å². The summed E-state index contributed by atoms with van der Waals surface area (Å²) in [5.41, 5.74) is 1.14. The van der Waals surface area contributed by atoms with Crippen LogP contribution in [0.1, 0.15) is 72.6 Å². The maximum atomic E-state index is 13.2. The highest BCUT2D eigenvalue weighted by atomic mass is 79.9. The summed E-state index contributed by atoms with van der Waals surface area (Å²) in [4.78, 5) is 26.4. The maximum Gasteiger partial charge on any atom is 0.187 e. The van der Waals surface area contributed by atoms with Crippen LogP contribution >= 0.6 is 15.9 Å². The fraction of sp³-hybridized carbons (Fsp3) is 0.391. The number of halogens is 1. The summed E-state index contributed by atoms with van der Waals surface area (Å²) < 4.78 is -1.19. The zero-order valence-corrected chi connectivity index (χ0v) is 17.0. The van der Waals surface area contributed by atoms with E-state index in [1.807, 2.05) is 36.4 Å². The molecule has 0 heterocycles. The number of carbonyl (C=O) groups excluding carboxylic acids is 2. The largest absolute Gasteiger partial charge is 0.292 e. The second kappa shape index (κ2) is 10.4. The molecule has 0 atom stereocenters. The van der Waals surface area contributed by atoms with Crippen molar-refractivity contribution in [1.82, 2.24) is 0 Å². The highest BCUT2D eigenvalue weighted by Crippen LogP contribution is 2.34. The van der Waals surface area contributed by atoms with Gasteiger partial charge in [-0.05, 0) is 6.42 Å². The molecule has 0 N–H and O–H groups in total. The van der Waals surface area contributed by atoms with Crippen molar-refractivity contribution in [3.05, 3.63) is 71.8 Å². The Labute approximate surface area is 165 Å². The lowest BCUT2D eigenvalue weighted by molar-refractivity contribution is 0.0833. The Kier molecular flexibility index (Phi) is 8.24. The van der Waals surface area contributed by atoms with Gasteiger partial charge in [-0.25, -0.2) is 0 Å². The molecule has 2 aromatic rings. The van der Waals surface area contributed by atoms with Gasteiger partial charge in [-0.2, -0.15) is 0 Å². The van der Waals surface area contributed by atoms with Gasteiger partial charge in [0.15, 0.2) is 15.9 Å². The molecule has 0 saturated heterocycles. The molecule has 2 rings (SSSR count). The van der Waals surface area contributed by atoms with Crippen molar-refractivity contribution in [2.45, 2.75) is 56.2 Å². The lowest BCUT2D eigenvalue weighted by atomic mass is 9.85. The maximum absolute atomic E-state index is 13.2. The number of ketones is 2. The summed E-state index contributed by atoms with van der Waals surface area (Å²) in [6, 6.07) is 18.2. The molecule has 0 aromatic heterocycles. The molecule has 0 aliphatic carbocycles. The number of hydrogen-bond donors (Lipinski definition) is 0. The van der Waals surface area contributed by atoms with Crippen molar-refractivity contribution < 1.29 is 9.59 Å². The van der Waals surface area contributed by atoms with Gasteiger partial charge in [-0.3, -0.25) is 9.59 Å². The minimum absolute atomic E-state index is 0.152. The smallest absolute Gasteiger partial charge is 0.187 e. The van der Waals surface area contributed by atoms with Crippen LogP contribution in [0.3, 0.4) is 0 Å². The SMILES string of the molecule is CCCCCCCCC(Br)(C(=O)c1ccccc1)C(=O)c1ccccc1. The molecule has 26 heavy (non-hydrogen) atoms. The van der Waals surface area contributed by atoms with Crippen LogP contribution < -0.4 is 0 Å². The average Bonchev–Trinajstić information content (AvgIpc) is 2.70. The first-order valence-electron chi connectivity index (χ1n) is 9.48. The standard InChI is InChI=1S/C23H27BrO2/c1-2-3-4-5-6-13-18-23(24,21(25)19-14-9-7-10-15-19)22(26)20-16-11-8-12-17-20/h7-12,14-17H,2-6,13,18H2,1H3. The number of rotatable bonds is 11. The van der Waals surface area contributed by atoms with Gasteiger partial charge < -0.3 is 0 Å². The van der Waals surface area contributed by atoms with Crippen LogP contribution in [0.25, 0.3) is 0 Å².